The van der Waals surface area contributed by atoms with Crippen LogP contribution < -0.4 is 0 Å². The van der Waals surface area contributed by atoms with E-state index in [2.05, 4.69) is 0 Å². The van der Waals surface area contributed by atoms with Crippen molar-refractivity contribution >= 4 is 29.3 Å². The number of Topliss-reactive ketones (excluding diaryl/α,β-unsaturated/α-hetero) is 1. The zero-order valence-corrected chi connectivity index (χ0v) is 13.6. The van der Waals surface area contributed by atoms with Gasteiger partial charge in [0.05, 0.1) is 9.85 Å². The molecule has 0 spiro atoms. The van der Waals surface area contributed by atoms with Crippen LogP contribution >= 0.6 is 0 Å². The molecule has 7 nitrogen and oxygen atoms in total. The number of benzene rings is 2. The average molecular weight is 350 g/mol. The van der Waals surface area contributed by atoms with Gasteiger partial charge in [-0.15, -0.1) is 0 Å². The van der Waals surface area contributed by atoms with Crippen LogP contribution in [-0.2, 0) is 4.79 Å². The molecule has 130 valence electrons. The number of carbonyl (C=O) groups is 1. The summed E-state index contributed by atoms with van der Waals surface area (Å²) in [5.41, 5.74) is 2.90. The Balaban J connectivity index is 1.90. The van der Waals surface area contributed by atoms with E-state index >= 15 is 0 Å². The summed E-state index contributed by atoms with van der Waals surface area (Å²) < 4.78 is 0. The summed E-state index contributed by atoms with van der Waals surface area (Å²) in [7, 11) is 0. The number of allylic oxidation sites excluding steroid dienone is 2. The fourth-order valence-corrected chi connectivity index (χ4v) is 2.77. The number of nitrogens with zero attached hydrogens (tertiary/aromatic N) is 2. The molecule has 0 radical (unpaired) electrons. The number of carbonyl (C=O) groups excluding carboxylic acids is 1. The van der Waals surface area contributed by atoms with Crippen molar-refractivity contribution in [3.63, 3.8) is 0 Å². The molecule has 2 aromatic carbocycles. The number of nitro benzene ring substituents is 2. The predicted octanol–water partition coefficient (Wildman–Crippen LogP) is 4.33. The van der Waals surface area contributed by atoms with Crippen molar-refractivity contribution < 1.29 is 14.6 Å². The Kier molecular flexibility index (Phi) is 4.70. The lowest BCUT2D eigenvalue weighted by molar-refractivity contribution is -0.385. The number of rotatable bonds is 4. The highest BCUT2D eigenvalue weighted by Crippen LogP contribution is 2.31. The van der Waals surface area contributed by atoms with Crippen molar-refractivity contribution in [2.45, 2.75) is 12.8 Å². The summed E-state index contributed by atoms with van der Waals surface area (Å²) >= 11 is 0. The number of non-ortho nitro benzene ring substituents is 2. The van der Waals surface area contributed by atoms with Crippen LogP contribution in [-0.4, -0.2) is 15.6 Å². The summed E-state index contributed by atoms with van der Waals surface area (Å²) in [4.78, 5) is 32.7. The van der Waals surface area contributed by atoms with Crippen molar-refractivity contribution in [2.24, 2.45) is 0 Å². The summed E-state index contributed by atoms with van der Waals surface area (Å²) in [5, 5.41) is 21.4. The Labute approximate surface area is 148 Å². The van der Waals surface area contributed by atoms with Gasteiger partial charge in [0, 0.05) is 36.3 Å². The van der Waals surface area contributed by atoms with Crippen LogP contribution in [0.1, 0.15) is 24.0 Å². The third kappa shape index (κ3) is 3.72. The number of hydrogen-bond acceptors (Lipinski definition) is 5. The SMILES string of the molecule is O=C1CCC(=Cc2ccc([N+](=O)[O-])cc2)C1=Cc1ccc([N+](=O)[O-])cc1. The second kappa shape index (κ2) is 7.10. The first-order valence-electron chi connectivity index (χ1n) is 7.89. The van der Waals surface area contributed by atoms with Gasteiger partial charge in [0.25, 0.3) is 11.4 Å². The fourth-order valence-electron chi connectivity index (χ4n) is 2.77. The molecule has 0 aromatic heterocycles. The molecule has 1 fully saturated rings. The van der Waals surface area contributed by atoms with Gasteiger partial charge < -0.3 is 0 Å². The average Bonchev–Trinajstić information content (AvgIpc) is 2.96. The van der Waals surface area contributed by atoms with E-state index in [0.29, 0.717) is 24.0 Å². The molecule has 1 aliphatic carbocycles. The highest BCUT2D eigenvalue weighted by molar-refractivity contribution is 6.08. The molecule has 26 heavy (non-hydrogen) atoms. The molecule has 2 aromatic rings. The molecule has 3 rings (SSSR count). The molecule has 0 aliphatic heterocycles. The standard InChI is InChI=1S/C19H14N2O5/c22-19-10-5-15(11-13-1-6-16(7-2-13)20(23)24)18(19)12-14-3-8-17(9-4-14)21(25)26/h1-4,6-9,11-12H,5,10H2. The lowest BCUT2D eigenvalue weighted by Crippen LogP contribution is -1.93. The molecule has 1 saturated carbocycles. The maximum Gasteiger partial charge on any atom is 0.269 e. The first-order valence-corrected chi connectivity index (χ1v) is 7.89. The van der Waals surface area contributed by atoms with Crippen molar-refractivity contribution in [1.82, 2.24) is 0 Å². The van der Waals surface area contributed by atoms with Crippen molar-refractivity contribution in [3.05, 3.63) is 91.0 Å². The molecule has 0 amide bonds. The van der Waals surface area contributed by atoms with Crippen LogP contribution in [0.5, 0.6) is 0 Å². The number of nitro groups is 2. The summed E-state index contributed by atoms with van der Waals surface area (Å²) in [6.07, 6.45) is 4.55. The van der Waals surface area contributed by atoms with Gasteiger partial charge in [0.1, 0.15) is 0 Å². The van der Waals surface area contributed by atoms with Crippen LogP contribution in [0, 0.1) is 20.2 Å². The molecule has 0 N–H and O–H groups in total. The van der Waals surface area contributed by atoms with Crippen LogP contribution in [0.4, 0.5) is 11.4 Å². The largest absolute Gasteiger partial charge is 0.294 e. The number of ketones is 1. The van der Waals surface area contributed by atoms with E-state index in [1.807, 2.05) is 6.08 Å². The Bertz CT molecular complexity index is 941. The van der Waals surface area contributed by atoms with Crippen LogP contribution in [0.2, 0.25) is 0 Å². The Morgan fingerprint density at radius 2 is 1.19 bits per heavy atom. The molecule has 1 aliphatic rings. The maximum atomic E-state index is 12.2. The minimum absolute atomic E-state index is 0.00783. The summed E-state index contributed by atoms with van der Waals surface area (Å²) in [6, 6.07) is 12.1. The van der Waals surface area contributed by atoms with Gasteiger partial charge in [-0.2, -0.15) is 0 Å². The lowest BCUT2D eigenvalue weighted by Gasteiger charge is -2.02. The molecule has 0 saturated heterocycles. The lowest BCUT2D eigenvalue weighted by atomic mass is 10.0. The van der Waals surface area contributed by atoms with Gasteiger partial charge in [0.15, 0.2) is 5.78 Å². The van der Waals surface area contributed by atoms with Gasteiger partial charge in [-0.25, -0.2) is 0 Å². The first kappa shape index (κ1) is 17.2. The van der Waals surface area contributed by atoms with E-state index in [-0.39, 0.29) is 17.2 Å². The minimum atomic E-state index is -0.475. The molecule has 0 unspecified atom stereocenters. The van der Waals surface area contributed by atoms with Crippen LogP contribution in [0.3, 0.4) is 0 Å². The maximum absolute atomic E-state index is 12.2. The zero-order chi connectivity index (χ0) is 18.7. The van der Waals surface area contributed by atoms with Crippen LogP contribution in [0.25, 0.3) is 12.2 Å². The van der Waals surface area contributed by atoms with Crippen molar-refractivity contribution in [2.75, 3.05) is 0 Å². The quantitative estimate of drug-likeness (QED) is 0.464. The van der Waals surface area contributed by atoms with Gasteiger partial charge in [0.2, 0.25) is 0 Å². The van der Waals surface area contributed by atoms with E-state index < -0.39 is 9.85 Å². The van der Waals surface area contributed by atoms with Crippen molar-refractivity contribution in [3.8, 4) is 0 Å². The summed E-state index contributed by atoms with van der Waals surface area (Å²) in [6.45, 7) is 0. The zero-order valence-electron chi connectivity index (χ0n) is 13.6. The molecule has 7 heteroatoms. The smallest absolute Gasteiger partial charge is 0.269 e. The third-order valence-corrected chi connectivity index (χ3v) is 4.13. The van der Waals surface area contributed by atoms with E-state index in [0.717, 1.165) is 11.1 Å². The molecule has 0 bridgehead atoms. The fraction of sp³-hybridized carbons (Fsp3) is 0.105. The van der Waals surface area contributed by atoms with Crippen LogP contribution in [0.15, 0.2) is 59.7 Å². The normalized spacial score (nSPS) is 17.0. The highest BCUT2D eigenvalue weighted by atomic mass is 16.6. The molecular weight excluding hydrogens is 336 g/mol. The predicted molar refractivity (Wildman–Crippen MR) is 96.4 cm³/mol. The second-order valence-electron chi connectivity index (χ2n) is 5.85. The van der Waals surface area contributed by atoms with Gasteiger partial charge in [-0.1, -0.05) is 6.08 Å². The minimum Gasteiger partial charge on any atom is -0.294 e. The summed E-state index contributed by atoms with van der Waals surface area (Å²) in [5.74, 6) is 0.0107. The van der Waals surface area contributed by atoms with E-state index in [1.54, 1.807) is 30.3 Å². The monoisotopic (exact) mass is 350 g/mol. The van der Waals surface area contributed by atoms with Gasteiger partial charge in [-0.05, 0) is 53.5 Å². The number of hydrogen-bond donors (Lipinski definition) is 0. The second-order valence-corrected chi connectivity index (χ2v) is 5.85. The molecule has 0 heterocycles. The van der Waals surface area contributed by atoms with E-state index in [4.69, 9.17) is 0 Å². The van der Waals surface area contributed by atoms with E-state index in [9.17, 15) is 25.0 Å². The van der Waals surface area contributed by atoms with Gasteiger partial charge >= 0.3 is 0 Å². The molecule has 0 atom stereocenters. The van der Waals surface area contributed by atoms with Gasteiger partial charge in [-0.3, -0.25) is 25.0 Å². The highest BCUT2D eigenvalue weighted by Gasteiger charge is 2.22. The van der Waals surface area contributed by atoms with Crippen molar-refractivity contribution in [1.29, 1.82) is 0 Å². The Morgan fingerprint density at radius 3 is 1.65 bits per heavy atom. The first-order chi connectivity index (χ1) is 12.4. The molecular formula is C19H14N2O5. The Morgan fingerprint density at radius 1 is 0.731 bits per heavy atom. The third-order valence-electron chi connectivity index (χ3n) is 4.13. The topological polar surface area (TPSA) is 103 Å². The van der Waals surface area contributed by atoms with E-state index in [1.165, 1.54) is 24.3 Å². The Hall–Kier alpha value is -3.61.